The second-order valence-electron chi connectivity index (χ2n) is 2.95. The molecule has 2 nitrogen and oxygen atoms in total. The third-order valence-electron chi connectivity index (χ3n) is 1.72. The van der Waals surface area contributed by atoms with Crippen LogP contribution in [0.5, 0.6) is 0 Å². The van der Waals surface area contributed by atoms with E-state index in [4.69, 9.17) is 17.0 Å². The van der Waals surface area contributed by atoms with E-state index in [9.17, 15) is 0 Å². The standard InChI is InChI=1S/C10H12ClN2P/c1-7-2-4-8(5-3-7)10(12)13-9(14)6-11/h2-5,12H,6,14H2,1H3/b12-10?,13-9-. The summed E-state index contributed by atoms with van der Waals surface area (Å²) in [6, 6.07) is 7.69. The monoisotopic (exact) mass is 226 g/mol. The van der Waals surface area contributed by atoms with Crippen molar-refractivity contribution < 1.29 is 0 Å². The number of amidine groups is 1. The van der Waals surface area contributed by atoms with Crippen molar-refractivity contribution in [2.24, 2.45) is 4.99 Å². The highest BCUT2D eigenvalue weighted by atomic mass is 35.5. The van der Waals surface area contributed by atoms with Crippen LogP contribution in [0.4, 0.5) is 0 Å². The zero-order valence-corrected chi connectivity index (χ0v) is 9.83. The number of hydrogen-bond donors (Lipinski definition) is 1. The van der Waals surface area contributed by atoms with Crippen LogP contribution in [0, 0.1) is 12.3 Å². The van der Waals surface area contributed by atoms with Gasteiger partial charge in [-0.15, -0.1) is 11.6 Å². The van der Waals surface area contributed by atoms with E-state index in [0.717, 1.165) is 5.56 Å². The van der Waals surface area contributed by atoms with Crippen LogP contribution in [-0.2, 0) is 0 Å². The maximum absolute atomic E-state index is 7.67. The highest BCUT2D eigenvalue weighted by Crippen LogP contribution is 2.06. The molecule has 0 heterocycles. The Bertz CT molecular complexity index is 357. The number of halogens is 1. The molecule has 1 unspecified atom stereocenters. The van der Waals surface area contributed by atoms with E-state index in [1.807, 2.05) is 31.2 Å². The van der Waals surface area contributed by atoms with E-state index < -0.39 is 0 Å². The van der Waals surface area contributed by atoms with Gasteiger partial charge in [0.05, 0.1) is 11.3 Å². The van der Waals surface area contributed by atoms with E-state index in [1.54, 1.807) is 0 Å². The third kappa shape index (κ3) is 3.21. The smallest absolute Gasteiger partial charge is 0.152 e. The molecule has 0 bridgehead atoms. The average Bonchev–Trinajstić information content (AvgIpc) is 2.18. The molecule has 1 atom stereocenters. The summed E-state index contributed by atoms with van der Waals surface area (Å²) in [5, 5.41) is 7.67. The summed E-state index contributed by atoms with van der Waals surface area (Å²) in [4.78, 5) is 4.03. The van der Waals surface area contributed by atoms with Crippen LogP contribution in [0.2, 0.25) is 0 Å². The van der Waals surface area contributed by atoms with Crippen LogP contribution in [0.15, 0.2) is 29.3 Å². The quantitative estimate of drug-likeness (QED) is 0.349. The average molecular weight is 227 g/mol. The Morgan fingerprint density at radius 2 is 2.00 bits per heavy atom. The lowest BCUT2D eigenvalue weighted by molar-refractivity contribution is 1.40. The van der Waals surface area contributed by atoms with Crippen LogP contribution in [0.3, 0.4) is 0 Å². The Labute approximate surface area is 91.1 Å². The molecule has 1 rings (SSSR count). The van der Waals surface area contributed by atoms with E-state index in [0.29, 0.717) is 11.3 Å². The minimum absolute atomic E-state index is 0.246. The first kappa shape index (κ1) is 11.4. The van der Waals surface area contributed by atoms with Gasteiger partial charge in [0.1, 0.15) is 0 Å². The van der Waals surface area contributed by atoms with Gasteiger partial charge in [-0.25, -0.2) is 4.99 Å². The summed E-state index contributed by atoms with van der Waals surface area (Å²) >= 11 is 5.56. The molecule has 74 valence electrons. The SMILES string of the molecule is Cc1ccc(C(=N)/N=C(\P)CCl)cc1. The van der Waals surface area contributed by atoms with Gasteiger partial charge in [-0.1, -0.05) is 39.1 Å². The van der Waals surface area contributed by atoms with Crippen molar-refractivity contribution in [1.82, 2.24) is 0 Å². The lowest BCUT2D eigenvalue weighted by Crippen LogP contribution is -1.99. The van der Waals surface area contributed by atoms with Crippen LogP contribution in [0.25, 0.3) is 0 Å². The molecule has 0 spiro atoms. The van der Waals surface area contributed by atoms with Gasteiger partial charge in [-0.05, 0) is 6.92 Å². The summed E-state index contributed by atoms with van der Waals surface area (Å²) < 4.78 is 0. The second kappa shape index (κ2) is 5.23. The Balaban J connectivity index is 2.85. The van der Waals surface area contributed by atoms with Gasteiger partial charge >= 0.3 is 0 Å². The Hall–Kier alpha value is -0.720. The normalized spacial score (nSPS) is 11.5. The van der Waals surface area contributed by atoms with Crippen LogP contribution in [-0.4, -0.2) is 17.2 Å². The number of nitrogens with zero attached hydrogens (tertiary/aromatic N) is 1. The van der Waals surface area contributed by atoms with Crippen LogP contribution >= 0.6 is 20.8 Å². The molecule has 14 heavy (non-hydrogen) atoms. The maximum Gasteiger partial charge on any atom is 0.152 e. The number of nitrogens with one attached hydrogen (secondary N) is 1. The second-order valence-corrected chi connectivity index (χ2v) is 3.89. The van der Waals surface area contributed by atoms with E-state index in [2.05, 4.69) is 14.2 Å². The molecule has 1 aromatic carbocycles. The summed E-state index contributed by atoms with van der Waals surface area (Å²) in [5.74, 6) is 0.578. The lowest BCUT2D eigenvalue weighted by atomic mass is 10.1. The predicted octanol–water partition coefficient (Wildman–Crippen LogP) is 2.83. The highest BCUT2D eigenvalue weighted by molar-refractivity contribution is 7.41. The van der Waals surface area contributed by atoms with Gasteiger partial charge in [0.15, 0.2) is 5.84 Å². The fourth-order valence-corrected chi connectivity index (χ4v) is 1.14. The molecule has 4 heteroatoms. The lowest BCUT2D eigenvalue weighted by Gasteiger charge is -2.00. The molecule has 0 amide bonds. The molecular weight excluding hydrogens is 215 g/mol. The first-order chi connectivity index (χ1) is 6.63. The molecule has 0 saturated carbocycles. The minimum atomic E-state index is 0.246. The Morgan fingerprint density at radius 1 is 1.43 bits per heavy atom. The van der Waals surface area contributed by atoms with Crippen LogP contribution in [0.1, 0.15) is 11.1 Å². The number of aliphatic imine (C=N–C) groups is 1. The van der Waals surface area contributed by atoms with Crippen molar-refractivity contribution >= 4 is 32.1 Å². The van der Waals surface area contributed by atoms with Gasteiger partial charge in [0, 0.05) is 5.56 Å². The van der Waals surface area contributed by atoms with Gasteiger partial charge in [-0.3, -0.25) is 5.41 Å². The topological polar surface area (TPSA) is 36.2 Å². The zero-order chi connectivity index (χ0) is 10.6. The first-order valence-electron chi connectivity index (χ1n) is 4.18. The van der Waals surface area contributed by atoms with Crippen molar-refractivity contribution in [2.75, 3.05) is 5.88 Å². The van der Waals surface area contributed by atoms with Crippen molar-refractivity contribution in [3.8, 4) is 0 Å². The van der Waals surface area contributed by atoms with E-state index >= 15 is 0 Å². The molecule has 1 N–H and O–H groups in total. The number of rotatable bonds is 2. The molecule has 1 aromatic rings. The van der Waals surface area contributed by atoms with Gasteiger partial charge < -0.3 is 0 Å². The summed E-state index contributed by atoms with van der Waals surface area (Å²) in [7, 11) is 2.42. The van der Waals surface area contributed by atoms with Crippen molar-refractivity contribution in [2.45, 2.75) is 6.92 Å². The fraction of sp³-hybridized carbons (Fsp3) is 0.200. The van der Waals surface area contributed by atoms with Crippen LogP contribution < -0.4 is 0 Å². The van der Waals surface area contributed by atoms with Crippen molar-refractivity contribution in [3.63, 3.8) is 0 Å². The van der Waals surface area contributed by atoms with Crippen molar-refractivity contribution in [3.05, 3.63) is 35.4 Å². The number of aryl methyl sites for hydroxylation is 1. The fourth-order valence-electron chi connectivity index (χ4n) is 0.949. The molecule has 0 fully saturated rings. The summed E-state index contributed by atoms with van der Waals surface area (Å²) in [6.07, 6.45) is 0. The summed E-state index contributed by atoms with van der Waals surface area (Å²) in [6.45, 7) is 2.01. The molecule has 0 saturated heterocycles. The largest absolute Gasteiger partial charge is 0.282 e. The van der Waals surface area contributed by atoms with Gasteiger partial charge in [0.25, 0.3) is 0 Å². The highest BCUT2D eigenvalue weighted by Gasteiger charge is 1.99. The predicted molar refractivity (Wildman–Crippen MR) is 65.9 cm³/mol. The maximum atomic E-state index is 7.67. The number of alkyl halides is 1. The molecular formula is C10H12ClN2P. The van der Waals surface area contributed by atoms with Gasteiger partial charge in [-0.2, -0.15) is 0 Å². The molecule has 0 radical (unpaired) electrons. The zero-order valence-electron chi connectivity index (χ0n) is 7.92. The van der Waals surface area contributed by atoms with Gasteiger partial charge in [0.2, 0.25) is 0 Å². The van der Waals surface area contributed by atoms with E-state index in [1.165, 1.54) is 5.56 Å². The Morgan fingerprint density at radius 3 is 2.50 bits per heavy atom. The van der Waals surface area contributed by atoms with Crippen molar-refractivity contribution in [1.29, 1.82) is 5.41 Å². The number of hydrogen-bond acceptors (Lipinski definition) is 1. The first-order valence-corrected chi connectivity index (χ1v) is 5.29. The van der Waals surface area contributed by atoms with E-state index in [-0.39, 0.29) is 5.84 Å². The third-order valence-corrected chi connectivity index (χ3v) is 2.58. The molecule has 0 aromatic heterocycles. The Kier molecular flexibility index (Phi) is 4.24. The minimum Gasteiger partial charge on any atom is -0.282 e. The molecule has 0 aliphatic carbocycles. The summed E-state index contributed by atoms with van der Waals surface area (Å²) in [5.41, 5.74) is 2.66. The molecule has 0 aliphatic heterocycles. The number of benzene rings is 1. The molecule has 0 aliphatic rings.